The highest BCUT2D eigenvalue weighted by Crippen LogP contribution is 2.21. The van der Waals surface area contributed by atoms with Crippen molar-refractivity contribution in [3.8, 4) is 6.07 Å². The summed E-state index contributed by atoms with van der Waals surface area (Å²) >= 11 is 8.75. The summed E-state index contributed by atoms with van der Waals surface area (Å²) in [6, 6.07) is 13.2. The highest BCUT2D eigenvalue weighted by molar-refractivity contribution is 7.98. The van der Waals surface area contributed by atoms with Gasteiger partial charge in [0.2, 0.25) is 0 Å². The Balaban J connectivity index is 1.71. The molecule has 1 aromatic carbocycles. The fourth-order valence-corrected chi connectivity index (χ4v) is 3.52. The van der Waals surface area contributed by atoms with E-state index in [1.165, 1.54) is 11.3 Å². The van der Waals surface area contributed by atoms with Crippen molar-refractivity contribution >= 4 is 40.6 Å². The monoisotopic (exact) mass is 336 g/mol. The highest BCUT2D eigenvalue weighted by atomic mass is 35.5. The maximum Gasteiger partial charge on any atom is 0.261 e. The van der Waals surface area contributed by atoms with Crippen LogP contribution in [0.3, 0.4) is 0 Å². The van der Waals surface area contributed by atoms with E-state index in [1.807, 2.05) is 24.3 Å². The fraction of sp³-hybridized carbons (Fsp3) is 0.200. The summed E-state index contributed by atoms with van der Waals surface area (Å²) in [6.07, 6.45) is 0. The van der Waals surface area contributed by atoms with E-state index in [0.717, 1.165) is 17.1 Å². The highest BCUT2D eigenvalue weighted by Gasteiger charge is 2.07. The van der Waals surface area contributed by atoms with Gasteiger partial charge in [-0.2, -0.15) is 17.0 Å². The van der Waals surface area contributed by atoms with Gasteiger partial charge in [-0.25, -0.2) is 0 Å². The van der Waals surface area contributed by atoms with Gasteiger partial charge in [0.05, 0.1) is 20.8 Å². The zero-order valence-electron chi connectivity index (χ0n) is 11.1. The summed E-state index contributed by atoms with van der Waals surface area (Å²) < 4.78 is 0.614. The van der Waals surface area contributed by atoms with E-state index in [4.69, 9.17) is 16.9 Å². The molecule has 1 aromatic heterocycles. The molecular formula is C15H13ClN2OS2. The van der Waals surface area contributed by atoms with Gasteiger partial charge in [0.15, 0.2) is 0 Å². The number of hydrogen-bond donors (Lipinski definition) is 1. The summed E-state index contributed by atoms with van der Waals surface area (Å²) in [5, 5.41) is 11.9. The number of carbonyl (C=O) groups excluding carboxylic acids is 1. The fourth-order valence-electron chi connectivity index (χ4n) is 1.70. The lowest BCUT2D eigenvalue weighted by atomic mass is 10.1. The molecule has 1 amide bonds. The molecule has 0 saturated carbocycles. The van der Waals surface area contributed by atoms with Gasteiger partial charge in [0, 0.05) is 18.1 Å². The van der Waals surface area contributed by atoms with Crippen molar-refractivity contribution in [1.82, 2.24) is 5.32 Å². The zero-order valence-corrected chi connectivity index (χ0v) is 13.5. The largest absolute Gasteiger partial charge is 0.351 e. The Morgan fingerprint density at radius 3 is 2.86 bits per heavy atom. The van der Waals surface area contributed by atoms with Crippen LogP contribution in [-0.4, -0.2) is 18.2 Å². The molecule has 2 aromatic rings. The second-order valence-corrected chi connectivity index (χ2v) is 7.00. The number of nitrogens with zero attached hydrogens (tertiary/aromatic N) is 1. The smallest absolute Gasteiger partial charge is 0.261 e. The molecule has 0 aliphatic heterocycles. The van der Waals surface area contributed by atoms with E-state index >= 15 is 0 Å². The lowest BCUT2D eigenvalue weighted by Crippen LogP contribution is -2.24. The van der Waals surface area contributed by atoms with Crippen molar-refractivity contribution in [1.29, 1.82) is 5.26 Å². The van der Waals surface area contributed by atoms with Crippen LogP contribution in [0.25, 0.3) is 0 Å². The third kappa shape index (κ3) is 4.78. The third-order valence-corrected chi connectivity index (χ3v) is 4.96. The molecule has 3 nitrogen and oxygen atoms in total. The van der Waals surface area contributed by atoms with Crippen molar-refractivity contribution in [2.45, 2.75) is 5.75 Å². The van der Waals surface area contributed by atoms with Crippen LogP contribution >= 0.6 is 34.7 Å². The second kappa shape index (κ2) is 8.08. The van der Waals surface area contributed by atoms with E-state index < -0.39 is 0 Å². The van der Waals surface area contributed by atoms with E-state index in [9.17, 15) is 4.79 Å². The quantitative estimate of drug-likeness (QED) is 0.813. The maximum atomic E-state index is 11.8. The first kappa shape index (κ1) is 15.9. The van der Waals surface area contributed by atoms with Gasteiger partial charge >= 0.3 is 0 Å². The molecule has 0 atom stereocenters. The molecule has 0 unspecified atom stereocenters. The molecule has 0 radical (unpaired) electrons. The molecule has 1 heterocycles. The summed E-state index contributed by atoms with van der Waals surface area (Å²) in [7, 11) is 0. The predicted molar refractivity (Wildman–Crippen MR) is 89.0 cm³/mol. The predicted octanol–water partition coefficient (Wildman–Crippen LogP) is 3.94. The van der Waals surface area contributed by atoms with Crippen molar-refractivity contribution in [2.24, 2.45) is 0 Å². The zero-order chi connectivity index (χ0) is 15.1. The number of carbonyl (C=O) groups is 1. The van der Waals surface area contributed by atoms with Crippen LogP contribution in [0, 0.1) is 11.3 Å². The molecule has 6 heteroatoms. The van der Waals surface area contributed by atoms with Crippen LogP contribution in [0.15, 0.2) is 36.4 Å². The normalized spacial score (nSPS) is 10.1. The average Bonchev–Trinajstić information content (AvgIpc) is 2.94. The first-order chi connectivity index (χ1) is 10.2. The second-order valence-electron chi connectivity index (χ2n) is 4.18. The van der Waals surface area contributed by atoms with Crippen molar-refractivity contribution in [2.75, 3.05) is 12.3 Å². The average molecular weight is 337 g/mol. The molecule has 0 saturated heterocycles. The number of nitrogens with one attached hydrogen (secondary N) is 1. The van der Waals surface area contributed by atoms with E-state index in [0.29, 0.717) is 21.3 Å². The molecule has 0 bridgehead atoms. The molecule has 0 fully saturated rings. The van der Waals surface area contributed by atoms with Crippen molar-refractivity contribution < 1.29 is 4.79 Å². The Morgan fingerprint density at radius 2 is 2.14 bits per heavy atom. The van der Waals surface area contributed by atoms with Crippen LogP contribution in [0.4, 0.5) is 0 Å². The van der Waals surface area contributed by atoms with Gasteiger partial charge in [-0.15, -0.1) is 11.3 Å². The Bertz CT molecular complexity index is 664. The SMILES string of the molecule is N#Cc1ccccc1CSCCNC(=O)c1ccc(Cl)s1. The molecule has 0 aliphatic rings. The topological polar surface area (TPSA) is 52.9 Å². The minimum Gasteiger partial charge on any atom is -0.351 e. The summed E-state index contributed by atoms with van der Waals surface area (Å²) in [4.78, 5) is 12.4. The third-order valence-electron chi connectivity index (χ3n) is 2.72. The number of rotatable bonds is 6. The number of halogens is 1. The van der Waals surface area contributed by atoms with Crippen LogP contribution in [-0.2, 0) is 5.75 Å². The van der Waals surface area contributed by atoms with E-state index in [2.05, 4.69) is 11.4 Å². The van der Waals surface area contributed by atoms with Gasteiger partial charge in [-0.3, -0.25) is 4.79 Å². The molecule has 0 spiro atoms. The number of nitriles is 1. The number of benzene rings is 1. The number of thioether (sulfide) groups is 1. The first-order valence-electron chi connectivity index (χ1n) is 6.30. The molecule has 2 rings (SSSR count). The van der Waals surface area contributed by atoms with Crippen LogP contribution < -0.4 is 5.32 Å². The Morgan fingerprint density at radius 1 is 1.33 bits per heavy atom. The minimum atomic E-state index is -0.0927. The first-order valence-corrected chi connectivity index (χ1v) is 8.65. The molecule has 108 valence electrons. The molecule has 1 N–H and O–H groups in total. The summed E-state index contributed by atoms with van der Waals surface area (Å²) in [6.45, 7) is 0.591. The summed E-state index contributed by atoms with van der Waals surface area (Å²) in [5.74, 6) is 1.47. The van der Waals surface area contributed by atoms with Crippen molar-refractivity contribution in [3.05, 3.63) is 56.7 Å². The minimum absolute atomic E-state index is 0.0927. The molecular weight excluding hydrogens is 324 g/mol. The number of hydrogen-bond acceptors (Lipinski definition) is 4. The van der Waals surface area contributed by atoms with Crippen molar-refractivity contribution in [3.63, 3.8) is 0 Å². The van der Waals surface area contributed by atoms with Crippen LogP contribution in [0.2, 0.25) is 4.34 Å². The Kier molecular flexibility index (Phi) is 6.12. The Hall–Kier alpha value is -1.48. The lowest BCUT2D eigenvalue weighted by molar-refractivity contribution is 0.0960. The number of thiophene rings is 1. The van der Waals surface area contributed by atoms with Gasteiger partial charge < -0.3 is 5.32 Å². The standard InChI is InChI=1S/C15H13ClN2OS2/c16-14-6-5-13(21-14)15(19)18-7-8-20-10-12-4-2-1-3-11(12)9-17/h1-6H,7-8,10H2,(H,18,19). The Labute approximate surface area is 136 Å². The van der Waals surface area contributed by atoms with E-state index in [1.54, 1.807) is 23.9 Å². The summed E-state index contributed by atoms with van der Waals surface area (Å²) in [5.41, 5.74) is 1.74. The van der Waals surface area contributed by atoms with Crippen LogP contribution in [0.1, 0.15) is 20.8 Å². The van der Waals surface area contributed by atoms with E-state index in [-0.39, 0.29) is 5.91 Å². The van der Waals surface area contributed by atoms with Gasteiger partial charge in [0.1, 0.15) is 0 Å². The maximum absolute atomic E-state index is 11.8. The van der Waals surface area contributed by atoms with Crippen LogP contribution in [0.5, 0.6) is 0 Å². The molecule has 21 heavy (non-hydrogen) atoms. The molecule has 0 aliphatic carbocycles. The van der Waals surface area contributed by atoms with Gasteiger partial charge in [-0.05, 0) is 23.8 Å². The lowest BCUT2D eigenvalue weighted by Gasteiger charge is -2.05. The number of amides is 1. The van der Waals surface area contributed by atoms with Gasteiger partial charge in [-0.1, -0.05) is 29.8 Å². The van der Waals surface area contributed by atoms with Gasteiger partial charge in [0.25, 0.3) is 5.91 Å².